The summed E-state index contributed by atoms with van der Waals surface area (Å²) in [4.78, 5) is 10.7. The normalized spacial score (nSPS) is 9.50. The van der Waals surface area contributed by atoms with Crippen LogP contribution in [0.15, 0.2) is 24.3 Å². The fourth-order valence-electron chi connectivity index (χ4n) is 0.765. The Labute approximate surface area is 76.1 Å². The first-order valence-corrected chi connectivity index (χ1v) is 4.09. The van der Waals surface area contributed by atoms with Crippen molar-refractivity contribution in [3.63, 3.8) is 0 Å². The second-order valence-corrected chi connectivity index (χ2v) is 2.69. The topological polar surface area (TPSA) is 26.3 Å². The maximum atomic E-state index is 10.7. The van der Waals surface area contributed by atoms with Gasteiger partial charge in [0.25, 0.3) is 0 Å². The number of benzene rings is 1. The van der Waals surface area contributed by atoms with Crippen molar-refractivity contribution in [2.24, 2.45) is 0 Å². The fraction of sp³-hybridized carbons (Fsp3) is 0.222. The van der Waals surface area contributed by atoms with E-state index in [2.05, 4.69) is 0 Å². The third kappa shape index (κ3) is 2.55. The first kappa shape index (κ1) is 9.07. The Morgan fingerprint density at radius 1 is 1.42 bits per heavy atom. The van der Waals surface area contributed by atoms with Gasteiger partial charge in [0.05, 0.1) is 0 Å². The summed E-state index contributed by atoms with van der Waals surface area (Å²) in [5.74, 6) is -0.0137. The molecule has 1 rings (SSSR count). The number of esters is 1. The highest BCUT2D eigenvalue weighted by Crippen LogP contribution is 2.11. The number of carbonyl (C=O) groups is 1. The predicted octanol–water partition coefficient (Wildman–Crippen LogP) is 2.14. The van der Waals surface area contributed by atoms with E-state index in [1.807, 2.05) is 19.1 Å². The molecule has 0 heterocycles. The van der Waals surface area contributed by atoms with Crippen molar-refractivity contribution in [3.05, 3.63) is 29.8 Å². The van der Waals surface area contributed by atoms with E-state index < -0.39 is 5.97 Å². The fourth-order valence-corrected chi connectivity index (χ4v) is 0.820. The molecule has 0 N–H and O–H groups in total. The number of rotatable bonds is 2. The lowest BCUT2D eigenvalue weighted by Crippen LogP contribution is -2.08. The van der Waals surface area contributed by atoms with E-state index in [0.29, 0.717) is 5.75 Å². The van der Waals surface area contributed by atoms with Gasteiger partial charge in [-0.1, -0.05) is 17.7 Å². The Balaban J connectivity index is 2.64. The van der Waals surface area contributed by atoms with Crippen molar-refractivity contribution in [1.82, 2.24) is 0 Å². The zero-order valence-corrected chi connectivity index (χ0v) is 7.47. The van der Waals surface area contributed by atoms with Gasteiger partial charge in [0.2, 0.25) is 0 Å². The SMILES string of the molecule is Cc1ccc(OC(=O)CCl)cc1. The molecule has 0 bridgehead atoms. The number of ether oxygens (including phenoxy) is 1. The number of hydrogen-bond acceptors (Lipinski definition) is 2. The first-order valence-electron chi connectivity index (χ1n) is 3.55. The van der Waals surface area contributed by atoms with Gasteiger partial charge >= 0.3 is 5.97 Å². The predicted molar refractivity (Wildman–Crippen MR) is 47.5 cm³/mol. The summed E-state index contributed by atoms with van der Waals surface area (Å²) in [5.41, 5.74) is 1.13. The summed E-state index contributed by atoms with van der Waals surface area (Å²) in [5, 5.41) is 0. The molecule has 0 aromatic heterocycles. The van der Waals surface area contributed by atoms with Crippen LogP contribution in [-0.2, 0) is 4.79 Å². The average Bonchev–Trinajstić information content (AvgIpc) is 2.09. The molecule has 0 saturated heterocycles. The quantitative estimate of drug-likeness (QED) is 0.400. The molecule has 0 fully saturated rings. The molecule has 2 nitrogen and oxygen atoms in total. The first-order chi connectivity index (χ1) is 5.72. The standard InChI is InChI=1S/C9H9ClO2/c1-7-2-4-8(5-3-7)12-9(11)6-10/h2-5H,6H2,1H3. The lowest BCUT2D eigenvalue weighted by atomic mass is 10.2. The highest BCUT2D eigenvalue weighted by molar-refractivity contribution is 6.26. The van der Waals surface area contributed by atoms with Crippen LogP contribution in [0.3, 0.4) is 0 Å². The number of alkyl halides is 1. The second-order valence-electron chi connectivity index (χ2n) is 2.42. The van der Waals surface area contributed by atoms with E-state index in [0.717, 1.165) is 5.56 Å². The summed E-state index contributed by atoms with van der Waals surface area (Å²) in [6.07, 6.45) is 0. The molecule has 0 aliphatic rings. The molecule has 0 aliphatic heterocycles. The minimum absolute atomic E-state index is 0.117. The maximum Gasteiger partial charge on any atom is 0.326 e. The van der Waals surface area contributed by atoms with E-state index in [1.165, 1.54) is 0 Å². The largest absolute Gasteiger partial charge is 0.426 e. The van der Waals surface area contributed by atoms with Crippen molar-refractivity contribution in [1.29, 1.82) is 0 Å². The average molecular weight is 185 g/mol. The molecule has 0 saturated carbocycles. The van der Waals surface area contributed by atoms with E-state index in [9.17, 15) is 4.79 Å². The Morgan fingerprint density at radius 3 is 2.50 bits per heavy atom. The van der Waals surface area contributed by atoms with Crippen LogP contribution in [-0.4, -0.2) is 11.8 Å². The molecule has 0 atom stereocenters. The molecule has 1 aromatic rings. The lowest BCUT2D eigenvalue weighted by Gasteiger charge is -2.00. The van der Waals surface area contributed by atoms with Gasteiger partial charge in [0.15, 0.2) is 0 Å². The monoisotopic (exact) mass is 184 g/mol. The third-order valence-corrected chi connectivity index (χ3v) is 1.58. The van der Waals surface area contributed by atoms with Crippen molar-refractivity contribution in [2.45, 2.75) is 6.92 Å². The van der Waals surface area contributed by atoms with Gasteiger partial charge in [0, 0.05) is 0 Å². The second kappa shape index (κ2) is 4.12. The highest BCUT2D eigenvalue weighted by atomic mass is 35.5. The van der Waals surface area contributed by atoms with Crippen LogP contribution in [0.2, 0.25) is 0 Å². The molecular weight excluding hydrogens is 176 g/mol. The molecule has 0 unspecified atom stereocenters. The van der Waals surface area contributed by atoms with Crippen molar-refractivity contribution < 1.29 is 9.53 Å². The summed E-state index contributed by atoms with van der Waals surface area (Å²) < 4.78 is 4.85. The molecule has 1 aromatic carbocycles. The van der Waals surface area contributed by atoms with E-state index in [4.69, 9.17) is 16.3 Å². The maximum absolute atomic E-state index is 10.7. The number of aryl methyl sites for hydroxylation is 1. The Kier molecular flexibility index (Phi) is 3.11. The van der Waals surface area contributed by atoms with E-state index in [1.54, 1.807) is 12.1 Å². The minimum Gasteiger partial charge on any atom is -0.426 e. The molecule has 0 aliphatic carbocycles. The molecular formula is C9H9ClO2. The zero-order valence-electron chi connectivity index (χ0n) is 6.71. The summed E-state index contributed by atoms with van der Waals surface area (Å²) in [6.45, 7) is 1.97. The van der Waals surface area contributed by atoms with Crippen LogP contribution < -0.4 is 4.74 Å². The van der Waals surface area contributed by atoms with Crippen molar-refractivity contribution >= 4 is 17.6 Å². The highest BCUT2D eigenvalue weighted by Gasteiger charge is 2.00. The summed E-state index contributed by atoms with van der Waals surface area (Å²) in [6, 6.07) is 7.22. The van der Waals surface area contributed by atoms with Crippen LogP contribution in [0.25, 0.3) is 0 Å². The van der Waals surface area contributed by atoms with Gasteiger partial charge in [0.1, 0.15) is 11.6 Å². The number of halogens is 1. The molecule has 12 heavy (non-hydrogen) atoms. The Hall–Kier alpha value is -1.02. The molecule has 0 amide bonds. The van der Waals surface area contributed by atoms with Crippen LogP contribution in [0.5, 0.6) is 5.75 Å². The molecule has 0 radical (unpaired) electrons. The van der Waals surface area contributed by atoms with E-state index in [-0.39, 0.29) is 5.88 Å². The third-order valence-electron chi connectivity index (χ3n) is 1.36. The van der Waals surface area contributed by atoms with Crippen LogP contribution in [0.1, 0.15) is 5.56 Å². The Bertz CT molecular complexity index is 266. The molecule has 0 spiro atoms. The van der Waals surface area contributed by atoms with Gasteiger partial charge in [-0.2, -0.15) is 0 Å². The summed E-state index contributed by atoms with van der Waals surface area (Å²) in [7, 11) is 0. The van der Waals surface area contributed by atoms with Crippen LogP contribution in [0, 0.1) is 6.92 Å². The van der Waals surface area contributed by atoms with Crippen LogP contribution in [0.4, 0.5) is 0 Å². The van der Waals surface area contributed by atoms with Gasteiger partial charge in [-0.25, -0.2) is 0 Å². The van der Waals surface area contributed by atoms with E-state index >= 15 is 0 Å². The molecule has 3 heteroatoms. The van der Waals surface area contributed by atoms with Crippen LogP contribution >= 0.6 is 11.6 Å². The minimum atomic E-state index is -0.430. The van der Waals surface area contributed by atoms with Gasteiger partial charge < -0.3 is 4.74 Å². The van der Waals surface area contributed by atoms with Crippen molar-refractivity contribution in [3.8, 4) is 5.75 Å². The lowest BCUT2D eigenvalue weighted by molar-refractivity contribution is -0.131. The Morgan fingerprint density at radius 2 is 2.00 bits per heavy atom. The zero-order chi connectivity index (χ0) is 8.97. The molecule has 64 valence electrons. The smallest absolute Gasteiger partial charge is 0.326 e. The van der Waals surface area contributed by atoms with Gasteiger partial charge in [-0.3, -0.25) is 4.79 Å². The summed E-state index contributed by atoms with van der Waals surface area (Å²) >= 11 is 5.26. The number of hydrogen-bond donors (Lipinski definition) is 0. The van der Waals surface area contributed by atoms with Gasteiger partial charge in [-0.15, -0.1) is 11.6 Å². The van der Waals surface area contributed by atoms with Gasteiger partial charge in [-0.05, 0) is 19.1 Å². The van der Waals surface area contributed by atoms with Crippen molar-refractivity contribution in [2.75, 3.05) is 5.88 Å². The number of carbonyl (C=O) groups excluding carboxylic acids is 1.